The maximum Gasteiger partial charge on any atom is 0.273 e. The van der Waals surface area contributed by atoms with Gasteiger partial charge in [0, 0.05) is 35.6 Å². The second kappa shape index (κ2) is 9.24. The van der Waals surface area contributed by atoms with Crippen molar-refractivity contribution in [2.24, 2.45) is 16.2 Å². The molecule has 1 aliphatic carbocycles. The lowest BCUT2D eigenvalue weighted by atomic mass is 9.93. The van der Waals surface area contributed by atoms with Crippen molar-refractivity contribution in [2.45, 2.75) is 32.3 Å². The van der Waals surface area contributed by atoms with Crippen LogP contribution in [0.5, 0.6) is 0 Å². The minimum absolute atomic E-state index is 0.000751. The van der Waals surface area contributed by atoms with Crippen molar-refractivity contribution in [3.63, 3.8) is 0 Å². The van der Waals surface area contributed by atoms with E-state index < -0.39 is 17.0 Å². The van der Waals surface area contributed by atoms with Crippen molar-refractivity contribution < 1.29 is 23.3 Å². The molecule has 2 aromatic rings. The van der Waals surface area contributed by atoms with Crippen LogP contribution in [0.15, 0.2) is 52.8 Å². The van der Waals surface area contributed by atoms with E-state index in [4.69, 9.17) is 9.68 Å². The van der Waals surface area contributed by atoms with Gasteiger partial charge in [-0.05, 0) is 25.0 Å². The van der Waals surface area contributed by atoms with Crippen LogP contribution in [0.1, 0.15) is 37.0 Å². The monoisotopic (exact) mass is 429 g/mol. The third-order valence-electron chi connectivity index (χ3n) is 5.61. The molecule has 2 atom stereocenters. The number of amides is 1. The molecular formula is C23H25F2N3O3. The molecule has 1 saturated carbocycles. The molecule has 3 rings (SSSR count). The fourth-order valence-corrected chi connectivity index (χ4v) is 3.79. The highest BCUT2D eigenvalue weighted by atomic mass is 19.1. The summed E-state index contributed by atoms with van der Waals surface area (Å²) in [5.41, 5.74) is 2.17. The molecule has 164 valence electrons. The molecule has 1 N–H and O–H groups in total. The lowest BCUT2D eigenvalue weighted by Crippen LogP contribution is -2.29. The molecule has 0 bridgehead atoms. The van der Waals surface area contributed by atoms with Crippen LogP contribution >= 0.6 is 0 Å². The van der Waals surface area contributed by atoms with E-state index in [-0.39, 0.29) is 24.1 Å². The Morgan fingerprint density at radius 1 is 1.23 bits per heavy atom. The Morgan fingerprint density at radius 2 is 1.97 bits per heavy atom. The summed E-state index contributed by atoms with van der Waals surface area (Å²) in [6.07, 6.45) is 0.701. The highest BCUT2D eigenvalue weighted by Crippen LogP contribution is 2.55. The zero-order chi connectivity index (χ0) is 22.6. The third-order valence-corrected chi connectivity index (χ3v) is 5.61. The first-order chi connectivity index (χ1) is 14.8. The lowest BCUT2D eigenvalue weighted by Gasteiger charge is -2.13. The fraction of sp³-hybridized carbons (Fsp3) is 0.348. The first-order valence-electron chi connectivity index (χ1n) is 9.85. The number of carbonyl (C=O) groups excluding carboxylic acids is 1. The van der Waals surface area contributed by atoms with Crippen molar-refractivity contribution >= 4 is 17.3 Å². The molecule has 0 aromatic heterocycles. The van der Waals surface area contributed by atoms with Gasteiger partial charge in [0.2, 0.25) is 0 Å². The van der Waals surface area contributed by atoms with E-state index in [0.717, 1.165) is 11.8 Å². The number of halogens is 2. The topological polar surface area (TPSA) is 72.3 Å². The summed E-state index contributed by atoms with van der Waals surface area (Å²) in [6, 6.07) is 10.8. The molecule has 0 heterocycles. The van der Waals surface area contributed by atoms with Crippen molar-refractivity contribution in [1.82, 2.24) is 5.32 Å². The molecule has 0 saturated heterocycles. The van der Waals surface area contributed by atoms with Crippen LogP contribution in [-0.2, 0) is 26.5 Å². The zero-order valence-electron chi connectivity index (χ0n) is 17.9. The summed E-state index contributed by atoms with van der Waals surface area (Å²) in [4.78, 5) is 22.5. The third kappa shape index (κ3) is 4.73. The van der Waals surface area contributed by atoms with Gasteiger partial charge >= 0.3 is 0 Å². The van der Waals surface area contributed by atoms with Crippen molar-refractivity contribution in [1.29, 1.82) is 0 Å². The average Bonchev–Trinajstić information content (AvgIpc) is 3.44. The van der Waals surface area contributed by atoms with E-state index in [9.17, 15) is 13.6 Å². The molecule has 0 radical (unpaired) electrons. The van der Waals surface area contributed by atoms with E-state index in [1.807, 2.05) is 26.0 Å². The largest absolute Gasteiger partial charge is 0.398 e. The first kappa shape index (κ1) is 22.4. The molecule has 0 aliphatic heterocycles. The van der Waals surface area contributed by atoms with E-state index in [2.05, 4.69) is 15.6 Å². The number of hydrogen-bond donors (Lipinski definition) is 1. The number of hydrogen-bond acceptors (Lipinski definition) is 5. The predicted octanol–water partition coefficient (Wildman–Crippen LogP) is 3.93. The summed E-state index contributed by atoms with van der Waals surface area (Å²) in [7, 11) is 2.88. The summed E-state index contributed by atoms with van der Waals surface area (Å²) in [5, 5.41) is 10.6. The van der Waals surface area contributed by atoms with E-state index >= 15 is 0 Å². The van der Waals surface area contributed by atoms with Crippen molar-refractivity contribution in [3.05, 3.63) is 70.8 Å². The van der Waals surface area contributed by atoms with Gasteiger partial charge in [0.1, 0.15) is 25.4 Å². The molecule has 1 amide bonds. The number of likely N-dealkylation sites (N-methyl/N-ethyl adjacent to an activating group) is 1. The lowest BCUT2D eigenvalue weighted by molar-refractivity contribution is -0.114. The molecule has 0 spiro atoms. The maximum absolute atomic E-state index is 14.2. The number of oxime groups is 2. The molecule has 6 nitrogen and oxygen atoms in total. The summed E-state index contributed by atoms with van der Waals surface area (Å²) in [5.74, 6) is -1.53. The average molecular weight is 429 g/mol. The number of carbonyl (C=O) groups is 1. The smallest absolute Gasteiger partial charge is 0.273 e. The van der Waals surface area contributed by atoms with Gasteiger partial charge in [-0.25, -0.2) is 8.78 Å². The van der Waals surface area contributed by atoms with Crippen molar-refractivity contribution in [3.8, 4) is 0 Å². The number of benzene rings is 2. The van der Waals surface area contributed by atoms with Gasteiger partial charge in [0.25, 0.3) is 5.91 Å². The second-order valence-electron chi connectivity index (χ2n) is 7.66. The molecule has 2 unspecified atom stereocenters. The van der Waals surface area contributed by atoms with E-state index in [1.165, 1.54) is 26.3 Å². The van der Waals surface area contributed by atoms with Crippen LogP contribution < -0.4 is 5.32 Å². The Bertz CT molecular complexity index is 1040. The van der Waals surface area contributed by atoms with Gasteiger partial charge in [0.05, 0.1) is 5.71 Å². The van der Waals surface area contributed by atoms with Crippen LogP contribution in [0.4, 0.5) is 8.78 Å². The van der Waals surface area contributed by atoms with Crippen molar-refractivity contribution in [2.75, 3.05) is 14.2 Å². The fourth-order valence-electron chi connectivity index (χ4n) is 3.79. The van der Waals surface area contributed by atoms with Gasteiger partial charge in [-0.15, -0.1) is 0 Å². The van der Waals surface area contributed by atoms with Gasteiger partial charge in [0.15, 0.2) is 5.71 Å². The first-order valence-corrected chi connectivity index (χ1v) is 9.85. The predicted molar refractivity (Wildman–Crippen MR) is 114 cm³/mol. The summed E-state index contributed by atoms with van der Waals surface area (Å²) >= 11 is 0. The number of nitrogens with one attached hydrogen (secondary N) is 1. The van der Waals surface area contributed by atoms with E-state index in [0.29, 0.717) is 23.1 Å². The summed E-state index contributed by atoms with van der Waals surface area (Å²) < 4.78 is 27.4. The SMILES string of the molecule is CNC(=O)C(=NOC)c1ccccc1CON=C(C)C1CC1(C)c1ccc(F)cc1F. The Kier molecular flexibility index (Phi) is 6.68. The van der Waals surface area contributed by atoms with Gasteiger partial charge in [-0.2, -0.15) is 0 Å². The molecular weight excluding hydrogens is 404 g/mol. The van der Waals surface area contributed by atoms with Crippen LogP contribution in [0, 0.1) is 17.6 Å². The molecule has 1 aliphatic rings. The molecule has 1 fully saturated rings. The standard InChI is InChI=1S/C23H25F2N3O3/c1-14(19-12-23(19,2)18-10-9-16(24)11-20(18)25)27-31-13-15-7-5-6-8-17(15)21(28-30-4)22(29)26-3/h5-11,19H,12-13H2,1-4H3,(H,26,29). The Morgan fingerprint density at radius 3 is 2.65 bits per heavy atom. The Labute approximate surface area is 179 Å². The van der Waals surface area contributed by atoms with Gasteiger partial charge in [-0.3, -0.25) is 4.79 Å². The quantitative estimate of drug-likeness (QED) is 0.511. The van der Waals surface area contributed by atoms with Crippen LogP contribution in [-0.4, -0.2) is 31.5 Å². The number of rotatable bonds is 8. The molecule has 2 aromatic carbocycles. The minimum Gasteiger partial charge on any atom is -0.398 e. The zero-order valence-corrected chi connectivity index (χ0v) is 17.9. The van der Waals surface area contributed by atoms with Gasteiger partial charge < -0.3 is 15.0 Å². The van der Waals surface area contributed by atoms with E-state index in [1.54, 1.807) is 12.1 Å². The van der Waals surface area contributed by atoms with Crippen LogP contribution in [0.3, 0.4) is 0 Å². The van der Waals surface area contributed by atoms with Crippen LogP contribution in [0.2, 0.25) is 0 Å². The normalized spacial score (nSPS) is 20.9. The Balaban J connectivity index is 1.72. The number of nitrogens with zero attached hydrogens (tertiary/aromatic N) is 2. The second-order valence-corrected chi connectivity index (χ2v) is 7.66. The van der Waals surface area contributed by atoms with Crippen LogP contribution in [0.25, 0.3) is 0 Å². The maximum atomic E-state index is 14.2. The molecule has 8 heteroatoms. The molecule has 31 heavy (non-hydrogen) atoms. The highest BCUT2D eigenvalue weighted by molar-refractivity contribution is 6.45. The minimum atomic E-state index is -0.595. The summed E-state index contributed by atoms with van der Waals surface area (Å²) in [6.45, 7) is 3.87. The highest BCUT2D eigenvalue weighted by Gasteiger charge is 2.54. The van der Waals surface area contributed by atoms with Gasteiger partial charge in [-0.1, -0.05) is 47.6 Å². The Hall–Kier alpha value is -3.29.